The Morgan fingerprint density at radius 3 is 2.93 bits per heavy atom. The Hall–Kier alpha value is -1.39. The molecule has 1 aromatic heterocycles. The molecule has 0 saturated heterocycles. The number of aliphatic hydroxyl groups excluding tert-OH is 1. The first-order valence-corrected chi connectivity index (χ1v) is 4.94. The Labute approximate surface area is 91.9 Å². The quantitative estimate of drug-likeness (QED) is 0.832. The first-order chi connectivity index (χ1) is 7.31. The number of rotatable bonds is 3. The third kappa shape index (κ3) is 2.16. The number of benzene rings is 1. The van der Waals surface area contributed by atoms with Crippen LogP contribution in [0.15, 0.2) is 24.5 Å². The maximum atomic E-state index is 8.94. The minimum absolute atomic E-state index is 0.0811. The Balaban J connectivity index is 2.46. The van der Waals surface area contributed by atoms with Gasteiger partial charge in [0.25, 0.3) is 0 Å². The van der Waals surface area contributed by atoms with Crippen LogP contribution in [0.25, 0.3) is 11.4 Å². The zero-order valence-corrected chi connectivity index (χ0v) is 8.70. The minimum Gasteiger partial charge on any atom is -0.396 e. The minimum atomic E-state index is 0.0811. The second-order valence-corrected chi connectivity index (χ2v) is 3.53. The largest absolute Gasteiger partial charge is 0.396 e. The van der Waals surface area contributed by atoms with Gasteiger partial charge in [-0.05, 0) is 30.2 Å². The van der Waals surface area contributed by atoms with Crippen LogP contribution < -0.4 is 0 Å². The summed E-state index contributed by atoms with van der Waals surface area (Å²) >= 11 is 5.88. The zero-order chi connectivity index (χ0) is 10.7. The van der Waals surface area contributed by atoms with Gasteiger partial charge in [0.1, 0.15) is 6.33 Å². The molecule has 0 radical (unpaired) electrons. The Morgan fingerprint density at radius 2 is 2.27 bits per heavy atom. The van der Waals surface area contributed by atoms with Crippen molar-refractivity contribution in [2.75, 3.05) is 6.61 Å². The van der Waals surface area contributed by atoms with Crippen molar-refractivity contribution in [3.63, 3.8) is 0 Å². The molecule has 0 spiro atoms. The summed E-state index contributed by atoms with van der Waals surface area (Å²) in [5.41, 5.74) is 1.85. The number of aliphatic hydroxyl groups is 1. The van der Waals surface area contributed by atoms with Crippen molar-refractivity contribution in [2.45, 2.75) is 6.42 Å². The first-order valence-electron chi connectivity index (χ1n) is 4.56. The number of hydrogen-bond donors (Lipinski definition) is 2. The van der Waals surface area contributed by atoms with Crippen molar-refractivity contribution in [1.82, 2.24) is 15.2 Å². The van der Waals surface area contributed by atoms with E-state index in [4.69, 9.17) is 16.7 Å². The van der Waals surface area contributed by atoms with Gasteiger partial charge in [-0.15, -0.1) is 0 Å². The van der Waals surface area contributed by atoms with Gasteiger partial charge in [-0.25, -0.2) is 4.98 Å². The van der Waals surface area contributed by atoms with Crippen molar-refractivity contribution in [1.29, 1.82) is 0 Å². The van der Waals surface area contributed by atoms with Crippen LogP contribution in [0.3, 0.4) is 0 Å². The molecular formula is C10H10ClN3O. The molecule has 2 rings (SSSR count). The highest BCUT2D eigenvalue weighted by Gasteiger charge is 2.08. The fraction of sp³-hybridized carbons (Fsp3) is 0.200. The van der Waals surface area contributed by atoms with E-state index < -0.39 is 0 Å². The average Bonchev–Trinajstić information content (AvgIpc) is 2.71. The lowest BCUT2D eigenvalue weighted by molar-refractivity contribution is 0.300. The van der Waals surface area contributed by atoms with Crippen LogP contribution in [0.4, 0.5) is 0 Å². The fourth-order valence-corrected chi connectivity index (χ4v) is 1.64. The van der Waals surface area contributed by atoms with Crippen molar-refractivity contribution >= 4 is 11.6 Å². The Bertz CT molecular complexity index is 442. The lowest BCUT2D eigenvalue weighted by Crippen LogP contribution is -1.95. The summed E-state index contributed by atoms with van der Waals surface area (Å²) in [6, 6.07) is 5.47. The number of aromatic amines is 1. The van der Waals surface area contributed by atoms with Gasteiger partial charge < -0.3 is 5.11 Å². The smallest absolute Gasteiger partial charge is 0.181 e. The lowest BCUT2D eigenvalue weighted by atomic mass is 10.0. The van der Waals surface area contributed by atoms with Crippen molar-refractivity contribution in [2.24, 2.45) is 0 Å². The molecule has 0 aliphatic heterocycles. The first kappa shape index (κ1) is 10.1. The highest BCUT2D eigenvalue weighted by molar-refractivity contribution is 6.30. The molecule has 0 unspecified atom stereocenters. The van der Waals surface area contributed by atoms with Crippen LogP contribution in [0.2, 0.25) is 5.02 Å². The van der Waals surface area contributed by atoms with Gasteiger partial charge in [0.05, 0.1) is 0 Å². The van der Waals surface area contributed by atoms with Gasteiger partial charge in [-0.1, -0.05) is 11.6 Å². The summed E-state index contributed by atoms with van der Waals surface area (Å²) in [5, 5.41) is 16.2. The summed E-state index contributed by atoms with van der Waals surface area (Å²) in [7, 11) is 0. The molecule has 2 aromatic rings. The van der Waals surface area contributed by atoms with E-state index in [9.17, 15) is 0 Å². The van der Waals surface area contributed by atoms with Crippen LogP contribution >= 0.6 is 11.6 Å². The van der Waals surface area contributed by atoms with Crippen LogP contribution in [0, 0.1) is 0 Å². The lowest BCUT2D eigenvalue weighted by Gasteiger charge is -2.05. The summed E-state index contributed by atoms with van der Waals surface area (Å²) < 4.78 is 0. The molecule has 1 heterocycles. The van der Waals surface area contributed by atoms with Crippen molar-refractivity contribution in [3.8, 4) is 11.4 Å². The molecule has 0 bridgehead atoms. The average molecular weight is 224 g/mol. The second kappa shape index (κ2) is 4.42. The van der Waals surface area contributed by atoms with Gasteiger partial charge in [-0.3, -0.25) is 5.10 Å². The predicted octanol–water partition coefficient (Wildman–Crippen LogP) is 1.66. The highest BCUT2D eigenvalue weighted by Crippen LogP contribution is 2.23. The molecule has 0 atom stereocenters. The Morgan fingerprint density at radius 1 is 1.40 bits per heavy atom. The van der Waals surface area contributed by atoms with E-state index in [2.05, 4.69) is 15.2 Å². The molecule has 0 amide bonds. The molecule has 15 heavy (non-hydrogen) atoms. The van der Waals surface area contributed by atoms with E-state index in [-0.39, 0.29) is 6.61 Å². The van der Waals surface area contributed by atoms with Crippen LogP contribution in [0.1, 0.15) is 5.56 Å². The maximum Gasteiger partial charge on any atom is 0.181 e. The normalized spacial score (nSPS) is 10.5. The van der Waals surface area contributed by atoms with Crippen molar-refractivity contribution in [3.05, 3.63) is 35.1 Å². The summed E-state index contributed by atoms with van der Waals surface area (Å²) in [6.45, 7) is 0.0811. The molecule has 0 saturated carbocycles. The van der Waals surface area contributed by atoms with E-state index in [1.54, 1.807) is 6.07 Å². The number of nitrogens with zero attached hydrogens (tertiary/aromatic N) is 2. The second-order valence-electron chi connectivity index (χ2n) is 3.10. The van der Waals surface area contributed by atoms with Gasteiger partial charge in [0.15, 0.2) is 5.82 Å². The predicted molar refractivity (Wildman–Crippen MR) is 57.6 cm³/mol. The standard InChI is InChI=1S/C10H10ClN3O/c11-8-1-2-9(7(5-8)3-4-15)10-12-6-13-14-10/h1-2,5-6,15H,3-4H2,(H,12,13,14). The molecule has 0 aliphatic carbocycles. The van der Waals surface area contributed by atoms with Crippen LogP contribution in [-0.2, 0) is 6.42 Å². The monoisotopic (exact) mass is 223 g/mol. The molecule has 78 valence electrons. The number of hydrogen-bond acceptors (Lipinski definition) is 3. The fourth-order valence-electron chi connectivity index (χ4n) is 1.45. The molecule has 5 heteroatoms. The zero-order valence-electron chi connectivity index (χ0n) is 7.94. The Kier molecular flexibility index (Phi) is 2.99. The summed E-state index contributed by atoms with van der Waals surface area (Å²) in [6.07, 6.45) is 2.07. The third-order valence-corrected chi connectivity index (χ3v) is 2.34. The summed E-state index contributed by atoms with van der Waals surface area (Å²) in [4.78, 5) is 4.07. The van der Waals surface area contributed by atoms with E-state index in [1.807, 2.05) is 12.1 Å². The third-order valence-electron chi connectivity index (χ3n) is 2.10. The van der Waals surface area contributed by atoms with Gasteiger partial charge in [0, 0.05) is 17.2 Å². The van der Waals surface area contributed by atoms with E-state index in [0.29, 0.717) is 17.3 Å². The molecule has 1 aromatic carbocycles. The number of nitrogens with one attached hydrogen (secondary N) is 1. The van der Waals surface area contributed by atoms with Crippen LogP contribution in [-0.4, -0.2) is 26.9 Å². The number of halogens is 1. The highest BCUT2D eigenvalue weighted by atomic mass is 35.5. The molecular weight excluding hydrogens is 214 g/mol. The number of H-pyrrole nitrogens is 1. The van der Waals surface area contributed by atoms with Crippen molar-refractivity contribution < 1.29 is 5.11 Å². The summed E-state index contributed by atoms with van der Waals surface area (Å²) in [5.74, 6) is 0.620. The molecule has 0 aliphatic rings. The molecule has 4 nitrogen and oxygen atoms in total. The molecule has 0 fully saturated rings. The van der Waals surface area contributed by atoms with E-state index in [1.165, 1.54) is 6.33 Å². The van der Waals surface area contributed by atoms with Gasteiger partial charge in [0.2, 0.25) is 0 Å². The van der Waals surface area contributed by atoms with E-state index >= 15 is 0 Å². The maximum absolute atomic E-state index is 8.94. The van der Waals surface area contributed by atoms with E-state index in [0.717, 1.165) is 11.1 Å². The SMILES string of the molecule is OCCc1cc(Cl)ccc1-c1nc[nH]n1. The topological polar surface area (TPSA) is 61.8 Å². The number of aromatic nitrogens is 3. The van der Waals surface area contributed by atoms with Gasteiger partial charge in [-0.2, -0.15) is 5.10 Å². The molecule has 2 N–H and O–H groups in total. The van der Waals surface area contributed by atoms with Crippen LogP contribution in [0.5, 0.6) is 0 Å². The van der Waals surface area contributed by atoms with Gasteiger partial charge >= 0.3 is 0 Å².